The van der Waals surface area contributed by atoms with Gasteiger partial charge >= 0.3 is 0 Å². The highest BCUT2D eigenvalue weighted by Gasteiger charge is 2.27. The molecule has 2 heterocycles. The van der Waals surface area contributed by atoms with Crippen LogP contribution < -0.4 is 0 Å². The molecule has 2 rings (SSSR count). The number of amides is 1. The number of rotatable bonds is 3. The zero-order valence-electron chi connectivity index (χ0n) is 11.3. The number of nitrogens with zero attached hydrogens (tertiary/aromatic N) is 2. The van der Waals surface area contributed by atoms with E-state index in [1.165, 1.54) is 0 Å². The molecule has 1 N–H and O–H groups in total. The molecule has 5 nitrogen and oxygen atoms in total. The highest BCUT2D eigenvalue weighted by Crippen LogP contribution is 2.20. The standard InChI is InChI=1S/C13H21N3O2/c1-9-12(10(2)15-14-9)13(17)16-6-4-5-11(7-16)8-18-3/h11H,4-8H2,1-3H3,(H,14,15). The Hall–Kier alpha value is -1.36. The smallest absolute Gasteiger partial charge is 0.257 e. The molecule has 1 aromatic rings. The average molecular weight is 251 g/mol. The third-order valence-electron chi connectivity index (χ3n) is 3.55. The van der Waals surface area contributed by atoms with Crippen LogP contribution in [0.5, 0.6) is 0 Å². The number of carbonyl (C=O) groups is 1. The van der Waals surface area contributed by atoms with Crippen molar-refractivity contribution in [2.45, 2.75) is 26.7 Å². The molecule has 0 spiro atoms. The number of piperidine rings is 1. The van der Waals surface area contributed by atoms with Crippen molar-refractivity contribution in [1.82, 2.24) is 15.1 Å². The summed E-state index contributed by atoms with van der Waals surface area (Å²) in [5, 5.41) is 6.96. The van der Waals surface area contributed by atoms with Gasteiger partial charge in [-0.1, -0.05) is 0 Å². The van der Waals surface area contributed by atoms with E-state index in [0.717, 1.165) is 49.5 Å². The van der Waals surface area contributed by atoms with E-state index in [2.05, 4.69) is 10.2 Å². The SMILES string of the molecule is COCC1CCCN(C(=O)c2c(C)n[nH]c2C)C1. The van der Waals surface area contributed by atoms with E-state index >= 15 is 0 Å². The van der Waals surface area contributed by atoms with E-state index in [1.807, 2.05) is 18.7 Å². The van der Waals surface area contributed by atoms with Gasteiger partial charge in [-0.15, -0.1) is 0 Å². The van der Waals surface area contributed by atoms with Crippen molar-refractivity contribution in [2.24, 2.45) is 5.92 Å². The second-order valence-corrected chi connectivity index (χ2v) is 5.02. The van der Waals surface area contributed by atoms with Crippen LogP contribution in [0.2, 0.25) is 0 Å². The molecule has 1 amide bonds. The van der Waals surface area contributed by atoms with E-state index in [1.54, 1.807) is 7.11 Å². The van der Waals surface area contributed by atoms with E-state index < -0.39 is 0 Å². The van der Waals surface area contributed by atoms with E-state index in [-0.39, 0.29) is 5.91 Å². The molecule has 0 radical (unpaired) electrons. The lowest BCUT2D eigenvalue weighted by molar-refractivity contribution is 0.0569. The van der Waals surface area contributed by atoms with Gasteiger partial charge in [0.1, 0.15) is 0 Å². The van der Waals surface area contributed by atoms with Crippen molar-refractivity contribution < 1.29 is 9.53 Å². The first-order valence-corrected chi connectivity index (χ1v) is 6.43. The lowest BCUT2D eigenvalue weighted by Gasteiger charge is -2.32. The number of H-pyrrole nitrogens is 1. The van der Waals surface area contributed by atoms with Gasteiger partial charge in [-0.05, 0) is 32.6 Å². The Kier molecular flexibility index (Phi) is 4.01. The van der Waals surface area contributed by atoms with E-state index in [4.69, 9.17) is 4.74 Å². The van der Waals surface area contributed by atoms with Gasteiger partial charge in [-0.3, -0.25) is 9.89 Å². The molecule has 0 aliphatic carbocycles. The maximum Gasteiger partial charge on any atom is 0.257 e. The molecular weight excluding hydrogens is 230 g/mol. The summed E-state index contributed by atoms with van der Waals surface area (Å²) < 4.78 is 5.19. The Labute approximate surface area is 108 Å². The van der Waals surface area contributed by atoms with Crippen molar-refractivity contribution in [3.8, 4) is 0 Å². The summed E-state index contributed by atoms with van der Waals surface area (Å²) in [7, 11) is 1.71. The van der Waals surface area contributed by atoms with Crippen LogP contribution >= 0.6 is 0 Å². The third kappa shape index (κ3) is 2.56. The minimum absolute atomic E-state index is 0.0968. The van der Waals surface area contributed by atoms with Gasteiger partial charge < -0.3 is 9.64 Å². The Morgan fingerprint density at radius 3 is 2.94 bits per heavy atom. The maximum absolute atomic E-state index is 12.5. The molecule has 1 unspecified atom stereocenters. The fourth-order valence-corrected chi connectivity index (χ4v) is 2.65. The Morgan fingerprint density at radius 2 is 2.33 bits per heavy atom. The quantitative estimate of drug-likeness (QED) is 0.886. The van der Waals surface area contributed by atoms with Crippen molar-refractivity contribution in [1.29, 1.82) is 0 Å². The third-order valence-corrected chi connectivity index (χ3v) is 3.55. The Morgan fingerprint density at radius 1 is 1.56 bits per heavy atom. The van der Waals surface area contributed by atoms with Gasteiger partial charge in [-0.2, -0.15) is 5.10 Å². The Balaban J connectivity index is 2.09. The number of aromatic amines is 1. The molecule has 0 aromatic carbocycles. The maximum atomic E-state index is 12.5. The summed E-state index contributed by atoms with van der Waals surface area (Å²) in [6, 6.07) is 0. The van der Waals surface area contributed by atoms with E-state index in [9.17, 15) is 4.79 Å². The number of aryl methyl sites for hydroxylation is 2. The molecule has 18 heavy (non-hydrogen) atoms. The summed E-state index contributed by atoms with van der Waals surface area (Å²) >= 11 is 0. The predicted molar refractivity (Wildman–Crippen MR) is 68.6 cm³/mol. The number of methoxy groups -OCH3 is 1. The largest absolute Gasteiger partial charge is 0.384 e. The van der Waals surface area contributed by atoms with Crippen LogP contribution in [-0.2, 0) is 4.74 Å². The lowest BCUT2D eigenvalue weighted by atomic mass is 9.98. The molecule has 1 saturated heterocycles. The average Bonchev–Trinajstić information content (AvgIpc) is 2.69. The van der Waals surface area contributed by atoms with E-state index in [0.29, 0.717) is 5.92 Å². The van der Waals surface area contributed by atoms with Gasteiger partial charge in [-0.25, -0.2) is 0 Å². The highest BCUT2D eigenvalue weighted by atomic mass is 16.5. The summed E-state index contributed by atoms with van der Waals surface area (Å²) in [5.74, 6) is 0.555. The first-order chi connectivity index (χ1) is 8.63. The number of nitrogens with one attached hydrogen (secondary N) is 1. The number of aromatic nitrogens is 2. The first kappa shape index (κ1) is 13.1. The molecule has 100 valence electrons. The van der Waals surface area contributed by atoms with Crippen LogP contribution in [0, 0.1) is 19.8 Å². The summed E-state index contributed by atoms with van der Waals surface area (Å²) in [6.45, 7) is 6.12. The lowest BCUT2D eigenvalue weighted by Crippen LogP contribution is -2.41. The number of carbonyl (C=O) groups excluding carboxylic acids is 1. The molecule has 1 aliphatic rings. The van der Waals surface area contributed by atoms with Crippen molar-refractivity contribution in [2.75, 3.05) is 26.8 Å². The minimum atomic E-state index is 0.0968. The van der Waals surface area contributed by atoms with Gasteiger partial charge in [0.15, 0.2) is 0 Å². The number of hydrogen-bond donors (Lipinski definition) is 1. The zero-order valence-corrected chi connectivity index (χ0v) is 11.3. The van der Waals surface area contributed by atoms with Gasteiger partial charge in [0.2, 0.25) is 0 Å². The zero-order chi connectivity index (χ0) is 13.1. The first-order valence-electron chi connectivity index (χ1n) is 6.43. The summed E-state index contributed by atoms with van der Waals surface area (Å²) in [4.78, 5) is 14.4. The molecule has 0 saturated carbocycles. The van der Waals surface area contributed by atoms with Crippen molar-refractivity contribution in [3.63, 3.8) is 0 Å². The van der Waals surface area contributed by atoms with Crippen LogP contribution in [0.1, 0.15) is 34.6 Å². The molecular formula is C13H21N3O2. The normalized spacial score (nSPS) is 20.2. The van der Waals surface area contributed by atoms with Gasteiger partial charge in [0, 0.05) is 25.9 Å². The van der Waals surface area contributed by atoms with Crippen LogP contribution in [0.25, 0.3) is 0 Å². The van der Waals surface area contributed by atoms with Crippen molar-refractivity contribution in [3.05, 3.63) is 17.0 Å². The number of likely N-dealkylation sites (tertiary alicyclic amines) is 1. The van der Waals surface area contributed by atoms with Gasteiger partial charge in [0.05, 0.1) is 17.9 Å². The fourth-order valence-electron chi connectivity index (χ4n) is 2.65. The van der Waals surface area contributed by atoms with Crippen LogP contribution in [0.4, 0.5) is 0 Å². The molecule has 1 fully saturated rings. The summed E-state index contributed by atoms with van der Waals surface area (Å²) in [6.07, 6.45) is 2.19. The highest BCUT2D eigenvalue weighted by molar-refractivity contribution is 5.96. The predicted octanol–water partition coefficient (Wildman–Crippen LogP) is 1.53. The molecule has 0 bridgehead atoms. The fraction of sp³-hybridized carbons (Fsp3) is 0.692. The van der Waals surface area contributed by atoms with Crippen molar-refractivity contribution >= 4 is 5.91 Å². The molecule has 5 heteroatoms. The monoisotopic (exact) mass is 251 g/mol. The number of hydrogen-bond acceptors (Lipinski definition) is 3. The molecule has 1 aliphatic heterocycles. The van der Waals surface area contributed by atoms with Crippen LogP contribution in [0.15, 0.2) is 0 Å². The van der Waals surface area contributed by atoms with Crippen LogP contribution in [0.3, 0.4) is 0 Å². The second-order valence-electron chi connectivity index (χ2n) is 5.02. The van der Waals surface area contributed by atoms with Gasteiger partial charge in [0.25, 0.3) is 5.91 Å². The summed E-state index contributed by atoms with van der Waals surface area (Å²) in [5.41, 5.74) is 2.37. The molecule has 1 aromatic heterocycles. The minimum Gasteiger partial charge on any atom is -0.384 e. The topological polar surface area (TPSA) is 58.2 Å². The van der Waals surface area contributed by atoms with Crippen LogP contribution in [-0.4, -0.2) is 47.8 Å². The molecule has 1 atom stereocenters. The number of ether oxygens (including phenoxy) is 1. The second kappa shape index (κ2) is 5.52. The Bertz CT molecular complexity index is 406.